The van der Waals surface area contributed by atoms with E-state index in [-0.39, 0.29) is 17.6 Å². The number of carbonyl (C=O) groups is 3. The van der Waals surface area contributed by atoms with E-state index >= 15 is 0 Å². The van der Waals surface area contributed by atoms with Gasteiger partial charge in [-0.2, -0.15) is 5.10 Å². The van der Waals surface area contributed by atoms with E-state index in [1.165, 1.54) is 13.0 Å². The third-order valence-corrected chi connectivity index (χ3v) is 5.36. The van der Waals surface area contributed by atoms with Crippen LogP contribution in [0.1, 0.15) is 48.1 Å². The lowest BCUT2D eigenvalue weighted by atomic mass is 10.1. The zero-order valence-electron chi connectivity index (χ0n) is 20.0. The fourth-order valence-electron chi connectivity index (χ4n) is 3.37. The number of carbonyl (C=O) groups excluding carboxylic acids is 3. The summed E-state index contributed by atoms with van der Waals surface area (Å²) in [7, 11) is 0. The molecule has 0 saturated carbocycles. The number of anilines is 1. The van der Waals surface area contributed by atoms with Crippen LogP contribution in [0, 0.1) is 19.8 Å². The second-order valence-corrected chi connectivity index (χ2v) is 8.33. The Labute approximate surface area is 199 Å². The smallest absolute Gasteiger partial charge is 0.331 e. The molecule has 3 aromatic rings. The van der Waals surface area contributed by atoms with Gasteiger partial charge in [-0.25, -0.2) is 9.48 Å². The second kappa shape index (κ2) is 10.7. The highest BCUT2D eigenvalue weighted by Gasteiger charge is 2.19. The van der Waals surface area contributed by atoms with Gasteiger partial charge < -0.3 is 10.1 Å². The van der Waals surface area contributed by atoms with Crippen molar-refractivity contribution in [3.8, 4) is 5.69 Å². The molecule has 7 heteroatoms. The summed E-state index contributed by atoms with van der Waals surface area (Å²) in [5.41, 5.74) is 4.41. The molecule has 0 saturated heterocycles. The summed E-state index contributed by atoms with van der Waals surface area (Å²) in [5.74, 6) is -1.19. The van der Waals surface area contributed by atoms with Gasteiger partial charge in [-0.15, -0.1) is 0 Å². The standard InChI is InChI=1S/C27H29N3O4/c1-17(2)27(33)28-22-13-11-21(12-14-22)26(32)20(5)34-25(31)16-15-24-18(3)29-30(19(24)4)23-9-7-6-8-10-23/h6-17,20H,1-5H3,(H,28,33)/b16-15+. The van der Waals surface area contributed by atoms with Crippen molar-refractivity contribution in [2.45, 2.75) is 40.7 Å². The van der Waals surface area contributed by atoms with Crippen molar-refractivity contribution in [3.63, 3.8) is 0 Å². The van der Waals surface area contributed by atoms with Gasteiger partial charge in [0.25, 0.3) is 0 Å². The Morgan fingerprint density at radius 2 is 1.62 bits per heavy atom. The Morgan fingerprint density at radius 1 is 0.971 bits per heavy atom. The van der Waals surface area contributed by atoms with Crippen molar-refractivity contribution in [1.82, 2.24) is 9.78 Å². The zero-order chi connectivity index (χ0) is 24.8. The molecule has 1 amide bonds. The molecule has 176 valence electrons. The van der Waals surface area contributed by atoms with E-state index in [4.69, 9.17) is 4.74 Å². The number of aromatic nitrogens is 2. The molecule has 0 spiro atoms. The van der Waals surface area contributed by atoms with E-state index in [0.717, 1.165) is 22.6 Å². The minimum atomic E-state index is -0.956. The molecule has 1 aromatic heterocycles. The summed E-state index contributed by atoms with van der Waals surface area (Å²) in [4.78, 5) is 36.8. The Kier molecular flexibility index (Phi) is 7.79. The molecule has 7 nitrogen and oxygen atoms in total. The van der Waals surface area contributed by atoms with Crippen LogP contribution < -0.4 is 5.32 Å². The molecule has 1 atom stereocenters. The van der Waals surface area contributed by atoms with E-state index in [1.54, 1.807) is 44.2 Å². The molecular formula is C27H29N3O4. The minimum Gasteiger partial charge on any atom is -0.451 e. The number of esters is 1. The number of hydrogen-bond donors (Lipinski definition) is 1. The third kappa shape index (κ3) is 5.86. The van der Waals surface area contributed by atoms with Crippen molar-refractivity contribution in [1.29, 1.82) is 0 Å². The molecule has 1 heterocycles. The molecule has 3 rings (SSSR count). The maximum atomic E-state index is 12.7. The van der Waals surface area contributed by atoms with Gasteiger partial charge in [0.1, 0.15) is 0 Å². The summed E-state index contributed by atoms with van der Waals surface area (Å²) >= 11 is 0. The molecule has 0 radical (unpaired) electrons. The van der Waals surface area contributed by atoms with E-state index in [0.29, 0.717) is 11.3 Å². The highest BCUT2D eigenvalue weighted by atomic mass is 16.5. The fourth-order valence-corrected chi connectivity index (χ4v) is 3.37. The molecule has 0 aliphatic rings. The summed E-state index contributed by atoms with van der Waals surface area (Å²) in [6.45, 7) is 8.94. The SMILES string of the molecule is Cc1nn(-c2ccccc2)c(C)c1/C=C/C(=O)OC(C)C(=O)c1ccc(NC(=O)C(C)C)cc1. The number of nitrogens with zero attached hydrogens (tertiary/aromatic N) is 2. The number of nitrogens with one attached hydrogen (secondary N) is 1. The number of aryl methyl sites for hydroxylation is 1. The number of ether oxygens (including phenoxy) is 1. The molecule has 0 bridgehead atoms. The first kappa shape index (κ1) is 24.6. The molecular weight excluding hydrogens is 430 g/mol. The first-order valence-electron chi connectivity index (χ1n) is 11.1. The molecule has 2 aromatic carbocycles. The van der Waals surface area contributed by atoms with Gasteiger partial charge in [-0.3, -0.25) is 9.59 Å². The highest BCUT2D eigenvalue weighted by Crippen LogP contribution is 2.19. The first-order chi connectivity index (χ1) is 16.2. The number of rotatable bonds is 8. The average molecular weight is 460 g/mol. The van der Waals surface area contributed by atoms with Crippen LogP contribution in [-0.4, -0.2) is 33.5 Å². The number of para-hydroxylation sites is 1. The van der Waals surface area contributed by atoms with E-state index in [9.17, 15) is 14.4 Å². The summed E-state index contributed by atoms with van der Waals surface area (Å²) < 4.78 is 7.13. The largest absolute Gasteiger partial charge is 0.451 e. The van der Waals surface area contributed by atoms with Crippen molar-refractivity contribution in [2.75, 3.05) is 5.32 Å². The van der Waals surface area contributed by atoms with Crippen LogP contribution in [0.5, 0.6) is 0 Å². The Morgan fingerprint density at radius 3 is 2.24 bits per heavy atom. The number of benzene rings is 2. The molecule has 0 aliphatic carbocycles. The van der Waals surface area contributed by atoms with Gasteiger partial charge in [-0.1, -0.05) is 32.0 Å². The lowest BCUT2D eigenvalue weighted by Gasteiger charge is -2.12. The van der Waals surface area contributed by atoms with E-state index in [1.807, 2.05) is 48.9 Å². The van der Waals surface area contributed by atoms with Crippen molar-refractivity contribution in [3.05, 3.63) is 83.2 Å². The summed E-state index contributed by atoms with van der Waals surface area (Å²) in [5, 5.41) is 7.33. The maximum Gasteiger partial charge on any atom is 0.331 e. The molecule has 1 unspecified atom stereocenters. The van der Waals surface area contributed by atoms with Crippen LogP contribution in [0.3, 0.4) is 0 Å². The lowest BCUT2D eigenvalue weighted by Crippen LogP contribution is -2.23. The molecule has 1 N–H and O–H groups in total. The first-order valence-corrected chi connectivity index (χ1v) is 11.1. The van der Waals surface area contributed by atoms with Crippen LogP contribution in [0.2, 0.25) is 0 Å². The Bertz CT molecular complexity index is 1210. The highest BCUT2D eigenvalue weighted by molar-refractivity contribution is 6.01. The van der Waals surface area contributed by atoms with Gasteiger partial charge in [0.2, 0.25) is 11.7 Å². The quantitative estimate of drug-likeness (QED) is 0.294. The number of hydrogen-bond acceptors (Lipinski definition) is 5. The van der Waals surface area contributed by atoms with Crippen LogP contribution in [0.25, 0.3) is 11.8 Å². The van der Waals surface area contributed by atoms with Gasteiger partial charge in [0.15, 0.2) is 6.10 Å². The fraction of sp³-hybridized carbons (Fsp3) is 0.259. The van der Waals surface area contributed by atoms with Crippen LogP contribution in [0.15, 0.2) is 60.7 Å². The van der Waals surface area contributed by atoms with Gasteiger partial charge >= 0.3 is 5.97 Å². The number of amides is 1. The maximum absolute atomic E-state index is 12.7. The third-order valence-electron chi connectivity index (χ3n) is 5.36. The van der Waals surface area contributed by atoms with Crippen LogP contribution in [-0.2, 0) is 14.3 Å². The topological polar surface area (TPSA) is 90.3 Å². The number of ketones is 1. The van der Waals surface area contributed by atoms with Crippen LogP contribution >= 0.6 is 0 Å². The molecule has 34 heavy (non-hydrogen) atoms. The average Bonchev–Trinajstić information content (AvgIpc) is 3.11. The van der Waals surface area contributed by atoms with Crippen molar-refractivity contribution >= 4 is 29.4 Å². The van der Waals surface area contributed by atoms with Crippen molar-refractivity contribution in [2.24, 2.45) is 5.92 Å². The normalized spacial score (nSPS) is 12.1. The minimum absolute atomic E-state index is 0.104. The van der Waals surface area contributed by atoms with E-state index in [2.05, 4.69) is 10.4 Å². The number of Topliss-reactive ketones (excluding diaryl/α,β-unsaturated/α-hetero) is 1. The Balaban J connectivity index is 1.63. The van der Waals surface area contributed by atoms with E-state index < -0.39 is 12.1 Å². The predicted molar refractivity (Wildman–Crippen MR) is 132 cm³/mol. The lowest BCUT2D eigenvalue weighted by molar-refractivity contribution is -0.140. The summed E-state index contributed by atoms with van der Waals surface area (Å²) in [6, 6.07) is 16.2. The Hall–Kier alpha value is -4.00. The molecule has 0 aliphatic heterocycles. The van der Waals surface area contributed by atoms with Crippen LogP contribution in [0.4, 0.5) is 5.69 Å². The van der Waals surface area contributed by atoms with Gasteiger partial charge in [0.05, 0.1) is 11.4 Å². The molecule has 0 fully saturated rings. The van der Waals surface area contributed by atoms with Crippen molar-refractivity contribution < 1.29 is 19.1 Å². The monoisotopic (exact) mass is 459 g/mol. The second-order valence-electron chi connectivity index (χ2n) is 8.33. The zero-order valence-corrected chi connectivity index (χ0v) is 20.0. The summed E-state index contributed by atoms with van der Waals surface area (Å²) in [6.07, 6.45) is 2.01. The van der Waals surface area contributed by atoms with Gasteiger partial charge in [-0.05, 0) is 63.2 Å². The van der Waals surface area contributed by atoms with Gasteiger partial charge in [0, 0.05) is 34.5 Å². The predicted octanol–water partition coefficient (Wildman–Crippen LogP) is 4.91.